The number of halogens is 2. The van der Waals surface area contributed by atoms with E-state index in [0.717, 1.165) is 37.2 Å². The summed E-state index contributed by atoms with van der Waals surface area (Å²) >= 11 is 0. The first-order valence-electron chi connectivity index (χ1n) is 13.4. The molecule has 2 atom stereocenters. The zero-order chi connectivity index (χ0) is 27.2. The Kier molecular flexibility index (Phi) is 8.38. The number of rotatable bonds is 10. The Morgan fingerprint density at radius 1 is 1.03 bits per heavy atom. The Balaban J connectivity index is 1.27. The van der Waals surface area contributed by atoms with Crippen molar-refractivity contribution in [3.63, 3.8) is 0 Å². The highest BCUT2D eigenvalue weighted by Crippen LogP contribution is 2.34. The highest BCUT2D eigenvalue weighted by Gasteiger charge is 2.41. The van der Waals surface area contributed by atoms with E-state index in [1.54, 1.807) is 36.5 Å². The van der Waals surface area contributed by atoms with E-state index in [1.165, 1.54) is 0 Å². The number of hydrogen-bond acceptors (Lipinski definition) is 6. The second-order valence-corrected chi connectivity index (χ2v) is 10.1. The van der Waals surface area contributed by atoms with Crippen molar-refractivity contribution in [2.24, 2.45) is 0 Å². The number of ether oxygens (including phenoxy) is 2. The molecule has 0 bridgehead atoms. The number of nitrogens with zero attached hydrogens (tertiary/aromatic N) is 2. The van der Waals surface area contributed by atoms with Crippen LogP contribution in [-0.4, -0.2) is 65.7 Å². The maximum atomic E-state index is 15.1. The summed E-state index contributed by atoms with van der Waals surface area (Å²) < 4.78 is 41.4. The minimum Gasteiger partial charge on any atom is -0.486 e. The fraction of sp³-hybridized carbons (Fsp3) is 0.400. The van der Waals surface area contributed by atoms with Crippen LogP contribution in [0.1, 0.15) is 36.5 Å². The molecular formula is C30H33F2N3O4. The van der Waals surface area contributed by atoms with Crippen LogP contribution in [0.15, 0.2) is 66.9 Å². The number of fused-ring (bicyclic) bond motifs is 1. The zero-order valence-corrected chi connectivity index (χ0v) is 21.7. The highest BCUT2D eigenvalue weighted by atomic mass is 19.3. The lowest BCUT2D eigenvalue weighted by molar-refractivity contribution is -0.148. The maximum Gasteiger partial charge on any atom is 0.324 e. The second kappa shape index (κ2) is 12.1. The summed E-state index contributed by atoms with van der Waals surface area (Å²) in [5, 5.41) is 13.7. The van der Waals surface area contributed by atoms with Crippen LogP contribution in [0.25, 0.3) is 11.3 Å². The van der Waals surface area contributed by atoms with Gasteiger partial charge >= 0.3 is 5.92 Å². The summed E-state index contributed by atoms with van der Waals surface area (Å²) in [5.74, 6) is -3.95. The average Bonchev–Trinajstić information content (AvgIpc) is 3.49. The van der Waals surface area contributed by atoms with Crippen LogP contribution in [0.2, 0.25) is 0 Å². The summed E-state index contributed by atoms with van der Waals surface area (Å²) in [6.07, 6.45) is 1.83. The lowest BCUT2D eigenvalue weighted by Crippen LogP contribution is -2.51. The van der Waals surface area contributed by atoms with E-state index < -0.39 is 30.4 Å². The van der Waals surface area contributed by atoms with Gasteiger partial charge in [0.25, 0.3) is 5.91 Å². The SMILES string of the molecule is O=C(NC(CN1CCCC1)C(O)c1ccc2c(c1)OCCO2)C(F)(F)CCc1cccc(-c2ccccn2)c1. The van der Waals surface area contributed by atoms with Crippen molar-refractivity contribution in [3.8, 4) is 22.8 Å². The summed E-state index contributed by atoms with van der Waals surface area (Å²) in [6.45, 7) is 2.68. The molecule has 2 aliphatic rings. The molecule has 5 rings (SSSR count). The first-order valence-corrected chi connectivity index (χ1v) is 13.4. The molecule has 2 N–H and O–H groups in total. The van der Waals surface area contributed by atoms with Crippen molar-refractivity contribution in [3.05, 3.63) is 78.0 Å². The molecule has 0 aliphatic carbocycles. The first kappa shape index (κ1) is 27.0. The molecule has 3 heterocycles. The molecule has 0 saturated carbocycles. The number of alkyl halides is 2. The normalized spacial score (nSPS) is 17.0. The number of aliphatic hydroxyl groups is 1. The fourth-order valence-corrected chi connectivity index (χ4v) is 5.05. The van der Waals surface area contributed by atoms with Crippen LogP contribution < -0.4 is 14.8 Å². The lowest BCUT2D eigenvalue weighted by atomic mass is 9.99. The van der Waals surface area contributed by atoms with Crippen molar-refractivity contribution >= 4 is 5.91 Å². The molecule has 9 heteroatoms. The number of hydrogen-bond donors (Lipinski definition) is 2. The van der Waals surface area contributed by atoms with E-state index >= 15 is 8.78 Å². The number of likely N-dealkylation sites (tertiary alicyclic amines) is 1. The molecule has 2 aliphatic heterocycles. The topological polar surface area (TPSA) is 83.9 Å². The van der Waals surface area contributed by atoms with Crippen molar-refractivity contribution in [2.45, 2.75) is 43.8 Å². The van der Waals surface area contributed by atoms with E-state index in [9.17, 15) is 9.90 Å². The van der Waals surface area contributed by atoms with Crippen molar-refractivity contribution in [1.82, 2.24) is 15.2 Å². The third-order valence-corrected chi connectivity index (χ3v) is 7.21. The van der Waals surface area contributed by atoms with Gasteiger partial charge < -0.3 is 24.8 Å². The third kappa shape index (κ3) is 6.72. The molecular weight excluding hydrogens is 504 g/mol. The summed E-state index contributed by atoms with van der Waals surface area (Å²) in [7, 11) is 0. The van der Waals surface area contributed by atoms with Gasteiger partial charge in [-0.1, -0.05) is 30.3 Å². The highest BCUT2D eigenvalue weighted by molar-refractivity contribution is 5.83. The predicted octanol–water partition coefficient (Wildman–Crippen LogP) is 4.40. The smallest absolute Gasteiger partial charge is 0.324 e. The number of nitrogens with one attached hydrogen (secondary N) is 1. The molecule has 39 heavy (non-hydrogen) atoms. The van der Waals surface area contributed by atoms with E-state index in [4.69, 9.17) is 9.47 Å². The third-order valence-electron chi connectivity index (χ3n) is 7.21. The van der Waals surface area contributed by atoms with Crippen molar-refractivity contribution in [1.29, 1.82) is 0 Å². The molecule has 1 amide bonds. The van der Waals surface area contributed by atoms with Crippen LogP contribution in [0.5, 0.6) is 11.5 Å². The minimum atomic E-state index is -3.61. The first-order chi connectivity index (χ1) is 18.9. The molecule has 2 aromatic carbocycles. The Hall–Kier alpha value is -3.56. The number of aryl methyl sites for hydroxylation is 1. The van der Waals surface area contributed by atoms with Gasteiger partial charge in [0, 0.05) is 24.7 Å². The summed E-state index contributed by atoms with van der Waals surface area (Å²) in [4.78, 5) is 19.3. The monoisotopic (exact) mass is 537 g/mol. The van der Waals surface area contributed by atoms with Crippen LogP contribution in [0.4, 0.5) is 8.78 Å². The maximum absolute atomic E-state index is 15.1. The molecule has 1 saturated heterocycles. The molecule has 2 unspecified atom stereocenters. The Morgan fingerprint density at radius 3 is 2.59 bits per heavy atom. The summed E-state index contributed by atoms with van der Waals surface area (Å²) in [5.41, 5.74) is 2.74. The Labute approximate surface area is 226 Å². The zero-order valence-electron chi connectivity index (χ0n) is 21.7. The molecule has 0 spiro atoms. The van der Waals surface area contributed by atoms with Crippen LogP contribution in [0.3, 0.4) is 0 Å². The number of amides is 1. The van der Waals surface area contributed by atoms with Gasteiger partial charge in [0.05, 0.1) is 11.7 Å². The van der Waals surface area contributed by atoms with Gasteiger partial charge in [0.1, 0.15) is 19.3 Å². The molecule has 1 fully saturated rings. The molecule has 7 nitrogen and oxygen atoms in total. The van der Waals surface area contributed by atoms with E-state index in [2.05, 4.69) is 15.2 Å². The molecule has 206 valence electrons. The van der Waals surface area contributed by atoms with Gasteiger partial charge in [-0.3, -0.25) is 9.78 Å². The van der Waals surface area contributed by atoms with Crippen molar-refractivity contribution in [2.75, 3.05) is 32.8 Å². The largest absolute Gasteiger partial charge is 0.486 e. The molecule has 1 aromatic heterocycles. The van der Waals surface area contributed by atoms with E-state index in [1.807, 2.05) is 30.3 Å². The van der Waals surface area contributed by atoms with Crippen LogP contribution in [-0.2, 0) is 11.2 Å². The van der Waals surface area contributed by atoms with Gasteiger partial charge in [0.2, 0.25) is 0 Å². The van der Waals surface area contributed by atoms with E-state index in [0.29, 0.717) is 35.8 Å². The average molecular weight is 538 g/mol. The van der Waals surface area contributed by atoms with Crippen LogP contribution in [0, 0.1) is 0 Å². The Morgan fingerprint density at radius 2 is 1.82 bits per heavy atom. The quantitative estimate of drug-likeness (QED) is 0.399. The number of carbonyl (C=O) groups is 1. The Bertz CT molecular complexity index is 1270. The minimum absolute atomic E-state index is 0.0165. The lowest BCUT2D eigenvalue weighted by Gasteiger charge is -2.30. The predicted molar refractivity (Wildman–Crippen MR) is 143 cm³/mol. The summed E-state index contributed by atoms with van der Waals surface area (Å²) in [6, 6.07) is 16.9. The number of pyridine rings is 1. The standard InChI is InChI=1S/C30H33F2N3O4/c31-30(32,12-11-21-6-5-7-22(18-21)24-8-1-2-13-33-24)29(37)34-25(20-35-14-3-4-15-35)28(36)23-9-10-26-27(19-23)39-17-16-38-26/h1-2,5-10,13,18-19,25,28,36H,3-4,11-12,14-17,20H2,(H,34,37). The number of aliphatic hydroxyl groups excluding tert-OH is 1. The molecule has 3 aromatic rings. The van der Waals surface area contributed by atoms with Crippen molar-refractivity contribution < 1.29 is 28.2 Å². The van der Waals surface area contributed by atoms with Crippen LogP contribution >= 0.6 is 0 Å². The number of carbonyl (C=O) groups excluding carboxylic acids is 1. The van der Waals surface area contributed by atoms with Gasteiger partial charge in [-0.05, 0) is 73.8 Å². The number of benzene rings is 2. The van der Waals surface area contributed by atoms with Gasteiger partial charge in [0.15, 0.2) is 11.5 Å². The fourth-order valence-electron chi connectivity index (χ4n) is 5.05. The second-order valence-electron chi connectivity index (χ2n) is 10.1. The van der Waals surface area contributed by atoms with Gasteiger partial charge in [-0.2, -0.15) is 8.78 Å². The van der Waals surface area contributed by atoms with Gasteiger partial charge in [-0.15, -0.1) is 0 Å². The van der Waals surface area contributed by atoms with E-state index in [-0.39, 0.29) is 13.0 Å². The van der Waals surface area contributed by atoms with Gasteiger partial charge in [-0.25, -0.2) is 0 Å². The molecule has 0 radical (unpaired) electrons. The number of aromatic nitrogens is 1.